The second-order valence-electron chi connectivity index (χ2n) is 8.18. The SMILES string of the molecule is O=C(Nc1cnn2ccc(N3CC[C@H]4C[C@]43c3cc(F)ccc3F)nc12)c1ncc(F)cn1. The lowest BCUT2D eigenvalue weighted by molar-refractivity contribution is 0.101. The first-order valence-electron chi connectivity index (χ1n) is 10.3. The molecule has 33 heavy (non-hydrogen) atoms. The van der Waals surface area contributed by atoms with E-state index < -0.39 is 28.9 Å². The molecular weight excluding hydrogens is 435 g/mol. The number of nitrogens with one attached hydrogen (secondary N) is 1. The molecule has 2 atom stereocenters. The highest BCUT2D eigenvalue weighted by Gasteiger charge is 2.64. The van der Waals surface area contributed by atoms with E-state index in [9.17, 15) is 18.0 Å². The lowest BCUT2D eigenvalue weighted by atomic mass is 10.0. The van der Waals surface area contributed by atoms with E-state index in [0.717, 1.165) is 30.9 Å². The van der Waals surface area contributed by atoms with E-state index in [2.05, 4.69) is 25.4 Å². The van der Waals surface area contributed by atoms with Crippen LogP contribution in [0.5, 0.6) is 0 Å². The van der Waals surface area contributed by atoms with Crippen LogP contribution in [0.25, 0.3) is 5.65 Å². The Kier molecular flexibility index (Phi) is 4.16. The van der Waals surface area contributed by atoms with Gasteiger partial charge < -0.3 is 10.2 Å². The third-order valence-corrected chi connectivity index (χ3v) is 6.35. The molecule has 0 bridgehead atoms. The molecule has 4 aromatic rings. The Morgan fingerprint density at radius 3 is 2.70 bits per heavy atom. The van der Waals surface area contributed by atoms with Gasteiger partial charge >= 0.3 is 0 Å². The van der Waals surface area contributed by atoms with Crippen LogP contribution in [-0.2, 0) is 5.54 Å². The first-order chi connectivity index (χ1) is 16.0. The van der Waals surface area contributed by atoms with Gasteiger partial charge in [0.1, 0.15) is 23.1 Å². The van der Waals surface area contributed by atoms with Crippen LogP contribution in [-0.4, -0.2) is 37.0 Å². The van der Waals surface area contributed by atoms with Gasteiger partial charge in [-0.15, -0.1) is 0 Å². The lowest BCUT2D eigenvalue weighted by Crippen LogP contribution is -2.34. The van der Waals surface area contributed by atoms with Crippen molar-refractivity contribution in [1.82, 2.24) is 24.6 Å². The van der Waals surface area contributed by atoms with Crippen molar-refractivity contribution in [3.05, 3.63) is 77.9 Å². The van der Waals surface area contributed by atoms with Crippen molar-refractivity contribution >= 4 is 23.1 Å². The summed E-state index contributed by atoms with van der Waals surface area (Å²) < 4.78 is 43.1. The summed E-state index contributed by atoms with van der Waals surface area (Å²) in [6.45, 7) is 0.642. The zero-order chi connectivity index (χ0) is 22.7. The Balaban J connectivity index is 1.35. The summed E-state index contributed by atoms with van der Waals surface area (Å²) in [5.41, 5.74) is 0.375. The summed E-state index contributed by atoms with van der Waals surface area (Å²) in [6.07, 6.45) is 6.47. The summed E-state index contributed by atoms with van der Waals surface area (Å²) in [6, 6.07) is 5.29. The maximum Gasteiger partial charge on any atom is 0.293 e. The number of hydrogen-bond donors (Lipinski definition) is 1. The average Bonchev–Trinajstić information content (AvgIpc) is 3.21. The molecule has 4 heterocycles. The molecule has 166 valence electrons. The number of carbonyl (C=O) groups is 1. The molecule has 1 N–H and O–H groups in total. The molecule has 1 aliphatic carbocycles. The average molecular weight is 451 g/mol. The molecule has 0 unspecified atom stereocenters. The van der Waals surface area contributed by atoms with Gasteiger partial charge in [-0.2, -0.15) is 5.10 Å². The second kappa shape index (κ2) is 6.99. The number of hydrogen-bond acceptors (Lipinski definition) is 6. The molecule has 1 amide bonds. The Morgan fingerprint density at radius 1 is 1.09 bits per heavy atom. The highest BCUT2D eigenvalue weighted by Crippen LogP contribution is 2.63. The minimum Gasteiger partial charge on any atom is -0.346 e. The summed E-state index contributed by atoms with van der Waals surface area (Å²) in [5, 5.41) is 6.83. The largest absolute Gasteiger partial charge is 0.346 e. The van der Waals surface area contributed by atoms with E-state index in [1.54, 1.807) is 12.3 Å². The van der Waals surface area contributed by atoms with Gasteiger partial charge in [0.25, 0.3) is 5.91 Å². The van der Waals surface area contributed by atoms with E-state index in [-0.39, 0.29) is 11.7 Å². The Labute approximate surface area is 185 Å². The predicted octanol–water partition coefficient (Wildman–Crippen LogP) is 3.31. The molecule has 1 saturated carbocycles. The highest BCUT2D eigenvalue weighted by atomic mass is 19.1. The van der Waals surface area contributed by atoms with E-state index in [1.807, 2.05) is 4.90 Å². The minimum atomic E-state index is -0.651. The first kappa shape index (κ1) is 19.6. The van der Waals surface area contributed by atoms with E-state index in [1.165, 1.54) is 16.8 Å². The molecule has 1 saturated heterocycles. The van der Waals surface area contributed by atoms with Gasteiger partial charge in [-0.3, -0.25) is 4.79 Å². The van der Waals surface area contributed by atoms with Crippen LogP contribution < -0.4 is 10.2 Å². The van der Waals surface area contributed by atoms with Gasteiger partial charge in [0.2, 0.25) is 5.82 Å². The first-order valence-corrected chi connectivity index (χ1v) is 10.3. The lowest BCUT2D eigenvalue weighted by Gasteiger charge is -2.30. The smallest absolute Gasteiger partial charge is 0.293 e. The van der Waals surface area contributed by atoms with E-state index >= 15 is 0 Å². The summed E-state index contributed by atoms with van der Waals surface area (Å²) in [5.74, 6) is -1.63. The molecule has 1 aliphatic heterocycles. The van der Waals surface area contributed by atoms with E-state index in [4.69, 9.17) is 0 Å². The fourth-order valence-electron chi connectivity index (χ4n) is 4.80. The zero-order valence-corrected chi connectivity index (χ0v) is 17.0. The van der Waals surface area contributed by atoms with Crippen molar-refractivity contribution in [2.75, 3.05) is 16.8 Å². The van der Waals surface area contributed by atoms with Crippen LogP contribution in [0, 0.1) is 23.4 Å². The topological polar surface area (TPSA) is 88.3 Å². The normalized spacial score (nSPS) is 21.3. The van der Waals surface area contributed by atoms with Gasteiger partial charge in [-0.25, -0.2) is 32.6 Å². The fourth-order valence-corrected chi connectivity index (χ4v) is 4.80. The van der Waals surface area contributed by atoms with Crippen molar-refractivity contribution in [3.63, 3.8) is 0 Å². The summed E-state index contributed by atoms with van der Waals surface area (Å²) >= 11 is 0. The number of carbonyl (C=O) groups excluding carboxylic acids is 1. The quantitative estimate of drug-likeness (QED) is 0.512. The molecule has 3 aromatic heterocycles. The van der Waals surface area contributed by atoms with Crippen molar-refractivity contribution in [2.45, 2.75) is 18.4 Å². The Hall–Kier alpha value is -4.02. The minimum absolute atomic E-state index is 0.201. The van der Waals surface area contributed by atoms with Crippen LogP contribution in [0.4, 0.5) is 24.7 Å². The van der Waals surface area contributed by atoms with Gasteiger partial charge in [0, 0.05) is 18.3 Å². The standard InChI is InChI=1S/C22H16F3N7O/c23-13-1-2-16(25)15(7-13)22-8-12(22)3-5-31(22)18-4-6-32-20(30-18)17(11-28-32)29-21(33)19-26-9-14(24)10-27-19/h1-2,4,6-7,9-12H,3,5,8H2,(H,29,33)/t12-,22+/m0/s1. The highest BCUT2D eigenvalue weighted by molar-refractivity contribution is 6.03. The molecule has 0 spiro atoms. The van der Waals surface area contributed by atoms with Crippen LogP contribution >= 0.6 is 0 Å². The van der Waals surface area contributed by atoms with Crippen molar-refractivity contribution < 1.29 is 18.0 Å². The number of halogens is 3. The zero-order valence-electron chi connectivity index (χ0n) is 17.0. The van der Waals surface area contributed by atoms with E-state index in [0.29, 0.717) is 35.7 Å². The molecule has 11 heteroatoms. The molecule has 6 rings (SSSR count). The second-order valence-corrected chi connectivity index (χ2v) is 8.18. The van der Waals surface area contributed by atoms with Gasteiger partial charge in [0.15, 0.2) is 11.5 Å². The molecular formula is C22H16F3N7O. The van der Waals surface area contributed by atoms with Gasteiger partial charge in [0.05, 0.1) is 24.1 Å². The number of nitrogens with zero attached hydrogens (tertiary/aromatic N) is 6. The van der Waals surface area contributed by atoms with Crippen LogP contribution in [0.15, 0.2) is 49.1 Å². The predicted molar refractivity (Wildman–Crippen MR) is 111 cm³/mol. The maximum absolute atomic E-state index is 14.7. The number of anilines is 2. The summed E-state index contributed by atoms with van der Waals surface area (Å²) in [7, 11) is 0. The van der Waals surface area contributed by atoms with Gasteiger partial charge in [-0.1, -0.05) is 0 Å². The fraction of sp³-hybridized carbons (Fsp3) is 0.227. The molecule has 1 aromatic carbocycles. The number of fused-ring (bicyclic) bond motifs is 2. The van der Waals surface area contributed by atoms with Crippen molar-refractivity contribution in [3.8, 4) is 0 Å². The van der Waals surface area contributed by atoms with Crippen LogP contribution in [0.2, 0.25) is 0 Å². The Bertz CT molecular complexity index is 1410. The maximum atomic E-state index is 14.7. The van der Waals surface area contributed by atoms with Crippen molar-refractivity contribution in [2.24, 2.45) is 5.92 Å². The van der Waals surface area contributed by atoms with Crippen LogP contribution in [0.3, 0.4) is 0 Å². The monoisotopic (exact) mass is 451 g/mol. The number of piperidine rings is 1. The van der Waals surface area contributed by atoms with Crippen LogP contribution in [0.1, 0.15) is 29.0 Å². The number of benzene rings is 1. The molecule has 2 aliphatic rings. The van der Waals surface area contributed by atoms with Crippen molar-refractivity contribution in [1.29, 1.82) is 0 Å². The number of aromatic nitrogens is 5. The summed E-state index contributed by atoms with van der Waals surface area (Å²) in [4.78, 5) is 26.5. The molecule has 2 fully saturated rings. The number of amides is 1. The number of rotatable bonds is 4. The third kappa shape index (κ3) is 3.03. The third-order valence-electron chi connectivity index (χ3n) is 6.35. The molecule has 0 radical (unpaired) electrons. The van der Waals surface area contributed by atoms with Gasteiger partial charge in [-0.05, 0) is 43.0 Å². The molecule has 8 nitrogen and oxygen atoms in total. The Morgan fingerprint density at radius 2 is 1.91 bits per heavy atom.